The van der Waals surface area contributed by atoms with E-state index >= 15 is 0 Å². The number of nitro benzene ring substituents is 1. The minimum atomic E-state index is -0.487. The largest absolute Gasteiger partial charge is 0.495 e. The quantitative estimate of drug-likeness (QED) is 0.301. The molecule has 0 saturated carbocycles. The zero-order valence-electron chi connectivity index (χ0n) is 15.9. The number of non-ortho nitro benzene ring substituents is 1. The van der Waals surface area contributed by atoms with Gasteiger partial charge in [-0.15, -0.1) is 0 Å². The molecule has 0 bridgehead atoms. The van der Waals surface area contributed by atoms with Crippen molar-refractivity contribution >= 4 is 46.0 Å². The molecule has 0 spiro atoms. The number of thiocarbonyl (C=S) groups is 1. The predicted molar refractivity (Wildman–Crippen MR) is 120 cm³/mol. The van der Waals surface area contributed by atoms with Crippen LogP contribution in [-0.2, 0) is 0 Å². The van der Waals surface area contributed by atoms with E-state index in [4.69, 9.17) is 17.0 Å². The lowest BCUT2D eigenvalue weighted by Gasteiger charge is -2.15. The maximum atomic E-state index is 12.6. The zero-order chi connectivity index (χ0) is 21.5. The van der Waals surface area contributed by atoms with E-state index in [9.17, 15) is 14.9 Å². The molecule has 152 valence electrons. The fourth-order valence-electron chi connectivity index (χ4n) is 2.65. The number of carbonyl (C=O) groups is 1. The van der Waals surface area contributed by atoms with E-state index in [1.807, 2.05) is 18.2 Å². The van der Waals surface area contributed by atoms with Crippen LogP contribution < -0.4 is 20.7 Å². The van der Waals surface area contributed by atoms with E-state index in [1.54, 1.807) is 42.5 Å². The van der Waals surface area contributed by atoms with Crippen LogP contribution in [0.15, 0.2) is 72.8 Å². The van der Waals surface area contributed by atoms with Gasteiger partial charge in [0, 0.05) is 29.1 Å². The summed E-state index contributed by atoms with van der Waals surface area (Å²) in [6, 6.07) is 20.0. The minimum Gasteiger partial charge on any atom is -0.495 e. The molecule has 3 rings (SSSR count). The minimum absolute atomic E-state index is 0.0556. The van der Waals surface area contributed by atoms with E-state index < -0.39 is 4.92 Å². The number of nitro groups is 1. The van der Waals surface area contributed by atoms with Gasteiger partial charge in [0.2, 0.25) is 0 Å². The van der Waals surface area contributed by atoms with Gasteiger partial charge in [-0.3, -0.25) is 14.9 Å². The summed E-state index contributed by atoms with van der Waals surface area (Å²) in [5.41, 5.74) is 1.95. The Bertz CT molecular complexity index is 1090. The highest BCUT2D eigenvalue weighted by molar-refractivity contribution is 7.80. The number of benzene rings is 3. The van der Waals surface area contributed by atoms with Crippen molar-refractivity contribution < 1.29 is 14.5 Å². The van der Waals surface area contributed by atoms with Gasteiger partial charge in [-0.2, -0.15) is 0 Å². The normalized spacial score (nSPS) is 10.0. The third-order valence-electron chi connectivity index (χ3n) is 4.06. The van der Waals surface area contributed by atoms with E-state index in [-0.39, 0.29) is 16.7 Å². The summed E-state index contributed by atoms with van der Waals surface area (Å²) in [4.78, 5) is 23.0. The van der Waals surface area contributed by atoms with Crippen molar-refractivity contribution in [1.29, 1.82) is 0 Å². The molecular formula is C21H18N4O4S. The molecule has 0 atom stereocenters. The van der Waals surface area contributed by atoms with Crippen LogP contribution in [0.4, 0.5) is 22.7 Å². The molecule has 0 aliphatic rings. The summed E-state index contributed by atoms with van der Waals surface area (Å²) < 4.78 is 5.33. The zero-order valence-corrected chi connectivity index (χ0v) is 16.7. The summed E-state index contributed by atoms with van der Waals surface area (Å²) in [6.07, 6.45) is 0. The molecule has 0 aliphatic carbocycles. The first-order valence-electron chi connectivity index (χ1n) is 8.83. The number of carbonyl (C=O) groups excluding carboxylic acids is 1. The van der Waals surface area contributed by atoms with Crippen molar-refractivity contribution in [3.63, 3.8) is 0 Å². The number of para-hydroxylation sites is 1. The molecular weight excluding hydrogens is 404 g/mol. The average Bonchev–Trinajstić information content (AvgIpc) is 2.74. The molecule has 1 amide bonds. The van der Waals surface area contributed by atoms with Gasteiger partial charge in [0.05, 0.1) is 17.7 Å². The Hall–Kier alpha value is -3.98. The maximum Gasteiger partial charge on any atom is 0.271 e. The number of methoxy groups -OCH3 is 1. The summed E-state index contributed by atoms with van der Waals surface area (Å²) in [5, 5.41) is 19.8. The average molecular weight is 422 g/mol. The molecule has 3 aromatic rings. The summed E-state index contributed by atoms with van der Waals surface area (Å²) in [7, 11) is 1.50. The molecule has 0 saturated heterocycles. The van der Waals surface area contributed by atoms with Gasteiger partial charge in [-0.25, -0.2) is 0 Å². The monoisotopic (exact) mass is 422 g/mol. The number of nitrogens with one attached hydrogen (secondary N) is 3. The fourth-order valence-corrected chi connectivity index (χ4v) is 2.88. The first-order valence-corrected chi connectivity index (χ1v) is 9.24. The third kappa shape index (κ3) is 5.30. The lowest BCUT2D eigenvalue weighted by Crippen LogP contribution is -2.20. The van der Waals surface area contributed by atoms with Crippen molar-refractivity contribution in [3.05, 3.63) is 88.5 Å². The van der Waals surface area contributed by atoms with Gasteiger partial charge < -0.3 is 20.7 Å². The van der Waals surface area contributed by atoms with Gasteiger partial charge in [0.25, 0.3) is 11.6 Å². The number of hydrogen-bond donors (Lipinski definition) is 3. The Balaban J connectivity index is 1.75. The van der Waals surface area contributed by atoms with Crippen LogP contribution in [0.2, 0.25) is 0 Å². The molecule has 0 aliphatic heterocycles. The molecule has 0 radical (unpaired) electrons. The highest BCUT2D eigenvalue weighted by Gasteiger charge is 2.13. The lowest BCUT2D eigenvalue weighted by atomic mass is 10.1. The predicted octanol–water partition coefficient (Wildman–Crippen LogP) is 4.66. The number of nitrogens with zero attached hydrogens (tertiary/aromatic N) is 1. The van der Waals surface area contributed by atoms with Crippen LogP contribution in [0.3, 0.4) is 0 Å². The highest BCUT2D eigenvalue weighted by Crippen LogP contribution is 2.26. The number of hydrogen-bond acceptors (Lipinski definition) is 5. The molecule has 0 heterocycles. The second-order valence-electron chi connectivity index (χ2n) is 6.12. The van der Waals surface area contributed by atoms with Crippen molar-refractivity contribution in [1.82, 2.24) is 0 Å². The van der Waals surface area contributed by atoms with Crippen molar-refractivity contribution in [2.75, 3.05) is 23.1 Å². The first kappa shape index (κ1) is 20.7. The molecule has 3 aromatic carbocycles. The number of ether oxygens (including phenoxy) is 1. The van der Waals surface area contributed by atoms with Crippen LogP contribution in [0.25, 0.3) is 0 Å². The summed E-state index contributed by atoms with van der Waals surface area (Å²) in [6.45, 7) is 0. The van der Waals surface area contributed by atoms with Crippen molar-refractivity contribution in [2.24, 2.45) is 0 Å². The molecule has 8 nitrogen and oxygen atoms in total. The topological polar surface area (TPSA) is 106 Å². The lowest BCUT2D eigenvalue weighted by molar-refractivity contribution is -0.384. The summed E-state index contributed by atoms with van der Waals surface area (Å²) in [5.74, 6) is 0.193. The summed E-state index contributed by atoms with van der Waals surface area (Å²) >= 11 is 5.30. The van der Waals surface area contributed by atoms with Crippen LogP contribution >= 0.6 is 12.2 Å². The molecule has 3 N–H and O–H groups in total. The number of rotatable bonds is 6. The van der Waals surface area contributed by atoms with E-state index in [1.165, 1.54) is 19.2 Å². The third-order valence-corrected chi connectivity index (χ3v) is 4.26. The van der Waals surface area contributed by atoms with Gasteiger partial charge in [-0.05, 0) is 48.6 Å². The van der Waals surface area contributed by atoms with E-state index in [2.05, 4.69) is 16.0 Å². The number of amides is 1. The van der Waals surface area contributed by atoms with Gasteiger partial charge >= 0.3 is 0 Å². The van der Waals surface area contributed by atoms with E-state index in [0.717, 1.165) is 0 Å². The Labute approximate surface area is 178 Å². The molecule has 30 heavy (non-hydrogen) atoms. The van der Waals surface area contributed by atoms with Gasteiger partial charge in [-0.1, -0.05) is 24.3 Å². The van der Waals surface area contributed by atoms with Crippen molar-refractivity contribution in [2.45, 2.75) is 0 Å². The molecule has 0 aromatic heterocycles. The number of anilines is 3. The second kappa shape index (κ2) is 9.48. The Morgan fingerprint density at radius 3 is 2.37 bits per heavy atom. The van der Waals surface area contributed by atoms with Crippen LogP contribution in [-0.4, -0.2) is 23.1 Å². The van der Waals surface area contributed by atoms with E-state index in [0.29, 0.717) is 28.4 Å². The van der Waals surface area contributed by atoms with Crippen LogP contribution in [0.1, 0.15) is 10.4 Å². The van der Waals surface area contributed by atoms with Gasteiger partial charge in [0.15, 0.2) is 5.11 Å². The Morgan fingerprint density at radius 1 is 0.933 bits per heavy atom. The Kier molecular flexibility index (Phi) is 6.56. The fraction of sp³-hybridized carbons (Fsp3) is 0.0476. The standard InChI is InChI=1S/C21H18N4O4S/c1-29-19-11-10-14(20(26)22-15-6-3-2-4-7-15)12-18(19)24-21(30)23-16-8-5-9-17(13-16)25(27)28/h2-13H,1H3,(H,22,26)(H2,23,24,30). The maximum absolute atomic E-state index is 12.6. The van der Waals surface area contributed by atoms with Gasteiger partial charge in [0.1, 0.15) is 5.75 Å². The SMILES string of the molecule is COc1ccc(C(=O)Nc2ccccc2)cc1NC(=S)Nc1cccc([N+](=O)[O-])c1. The second-order valence-corrected chi connectivity index (χ2v) is 6.53. The molecule has 0 fully saturated rings. The Morgan fingerprint density at radius 2 is 1.67 bits per heavy atom. The molecule has 9 heteroatoms. The highest BCUT2D eigenvalue weighted by atomic mass is 32.1. The molecule has 0 unspecified atom stereocenters. The first-order chi connectivity index (χ1) is 14.5. The van der Waals surface area contributed by atoms with Crippen molar-refractivity contribution in [3.8, 4) is 5.75 Å². The smallest absolute Gasteiger partial charge is 0.271 e. The van der Waals surface area contributed by atoms with Crippen LogP contribution in [0, 0.1) is 10.1 Å². The van der Waals surface area contributed by atoms with Crippen LogP contribution in [0.5, 0.6) is 5.75 Å².